The number of nitrogens with one attached hydrogen (secondary N) is 1. The molecule has 0 aromatic heterocycles. The van der Waals surface area contributed by atoms with Crippen molar-refractivity contribution in [3.8, 4) is 0 Å². The molecule has 0 aromatic carbocycles. The number of carbonyl (C=O) groups excluding carboxylic acids is 1. The van der Waals surface area contributed by atoms with Gasteiger partial charge in [0.15, 0.2) is 0 Å². The molecule has 0 aliphatic carbocycles. The first-order valence-corrected chi connectivity index (χ1v) is 5.62. The van der Waals surface area contributed by atoms with Gasteiger partial charge in [-0.3, -0.25) is 4.79 Å². The lowest BCUT2D eigenvalue weighted by Gasteiger charge is -2.38. The van der Waals surface area contributed by atoms with Crippen LogP contribution >= 0.6 is 0 Å². The summed E-state index contributed by atoms with van der Waals surface area (Å²) in [5.41, 5.74) is -1.59. The molecule has 0 aliphatic heterocycles. The van der Waals surface area contributed by atoms with Crippen LogP contribution in [-0.4, -0.2) is 35.9 Å². The Kier molecular flexibility index (Phi) is 5.42. The molecule has 0 fully saturated rings. The van der Waals surface area contributed by atoms with Gasteiger partial charge in [0.1, 0.15) is 0 Å². The number of amides is 1. The van der Waals surface area contributed by atoms with Crippen LogP contribution in [0.25, 0.3) is 0 Å². The zero-order chi connectivity index (χ0) is 13.0. The molecule has 0 rings (SSSR count). The van der Waals surface area contributed by atoms with Crippen LogP contribution in [0.3, 0.4) is 0 Å². The highest BCUT2D eigenvalue weighted by atomic mass is 16.5. The quantitative estimate of drug-likeness (QED) is 0.725. The average Bonchev–Trinajstić information content (AvgIpc) is 1.99. The van der Waals surface area contributed by atoms with Crippen molar-refractivity contribution in [1.29, 1.82) is 0 Å². The first-order chi connectivity index (χ1) is 7.10. The van der Waals surface area contributed by atoms with E-state index in [0.717, 1.165) is 0 Å². The summed E-state index contributed by atoms with van der Waals surface area (Å²) in [4.78, 5) is 11.7. The lowest BCUT2D eigenvalue weighted by Crippen LogP contribution is -2.57. The van der Waals surface area contributed by atoms with Crippen molar-refractivity contribution in [3.63, 3.8) is 0 Å². The van der Waals surface area contributed by atoms with Crippen molar-refractivity contribution in [2.24, 2.45) is 5.92 Å². The van der Waals surface area contributed by atoms with Crippen molar-refractivity contribution >= 4 is 5.91 Å². The lowest BCUT2D eigenvalue weighted by atomic mass is 9.85. The molecule has 0 saturated heterocycles. The number of methoxy groups -OCH3 is 1. The maximum atomic E-state index is 11.7. The van der Waals surface area contributed by atoms with Crippen LogP contribution in [-0.2, 0) is 9.53 Å². The fourth-order valence-electron chi connectivity index (χ4n) is 1.21. The zero-order valence-electron chi connectivity index (χ0n) is 11.3. The van der Waals surface area contributed by atoms with Crippen molar-refractivity contribution < 1.29 is 14.6 Å². The number of aliphatic hydroxyl groups is 1. The van der Waals surface area contributed by atoms with Gasteiger partial charge in [0.25, 0.3) is 0 Å². The van der Waals surface area contributed by atoms with E-state index in [1.54, 1.807) is 21.0 Å². The van der Waals surface area contributed by atoms with Gasteiger partial charge in [-0.2, -0.15) is 0 Å². The SMILES string of the molecule is COCC(C)CC(=O)NC(C)(C)C(C)(C)O. The molecule has 2 N–H and O–H groups in total. The topological polar surface area (TPSA) is 58.6 Å². The van der Waals surface area contributed by atoms with Crippen LogP contribution in [0.2, 0.25) is 0 Å². The maximum Gasteiger partial charge on any atom is 0.220 e. The van der Waals surface area contributed by atoms with Gasteiger partial charge in [-0.05, 0) is 33.6 Å². The Bertz CT molecular complexity index is 231. The van der Waals surface area contributed by atoms with Crippen LogP contribution < -0.4 is 5.32 Å². The Morgan fingerprint density at radius 1 is 1.38 bits per heavy atom. The molecule has 1 unspecified atom stereocenters. The monoisotopic (exact) mass is 231 g/mol. The smallest absolute Gasteiger partial charge is 0.220 e. The van der Waals surface area contributed by atoms with Crippen molar-refractivity contribution in [1.82, 2.24) is 5.32 Å². The predicted octanol–water partition coefficient (Wildman–Crippen LogP) is 1.32. The highest BCUT2D eigenvalue weighted by Gasteiger charge is 2.36. The van der Waals surface area contributed by atoms with Crippen LogP contribution in [0.5, 0.6) is 0 Å². The van der Waals surface area contributed by atoms with E-state index in [1.165, 1.54) is 0 Å². The minimum atomic E-state index is -0.951. The molecule has 0 bridgehead atoms. The molecular formula is C12H25NO3. The Labute approximate surface area is 98.4 Å². The highest BCUT2D eigenvalue weighted by molar-refractivity contribution is 5.77. The second kappa shape index (κ2) is 5.64. The second-order valence-corrected chi connectivity index (χ2v) is 5.50. The minimum Gasteiger partial charge on any atom is -0.388 e. The van der Waals surface area contributed by atoms with Crippen LogP contribution in [0.15, 0.2) is 0 Å². The van der Waals surface area contributed by atoms with Gasteiger partial charge in [-0.15, -0.1) is 0 Å². The van der Waals surface area contributed by atoms with Gasteiger partial charge in [-0.1, -0.05) is 6.92 Å². The summed E-state index contributed by atoms with van der Waals surface area (Å²) in [7, 11) is 1.62. The number of hydrogen-bond acceptors (Lipinski definition) is 3. The van der Waals surface area contributed by atoms with Crippen LogP contribution in [0.1, 0.15) is 41.0 Å². The summed E-state index contributed by atoms with van der Waals surface area (Å²) in [5, 5.41) is 12.7. The molecule has 4 nitrogen and oxygen atoms in total. The Morgan fingerprint density at radius 2 is 1.88 bits per heavy atom. The molecule has 1 atom stereocenters. The van der Waals surface area contributed by atoms with E-state index < -0.39 is 11.1 Å². The summed E-state index contributed by atoms with van der Waals surface area (Å²) < 4.78 is 4.97. The molecule has 0 radical (unpaired) electrons. The number of rotatable bonds is 6. The summed E-state index contributed by atoms with van der Waals surface area (Å²) >= 11 is 0. The van der Waals surface area contributed by atoms with E-state index in [1.807, 2.05) is 20.8 Å². The molecular weight excluding hydrogens is 206 g/mol. The Hall–Kier alpha value is -0.610. The molecule has 0 saturated carbocycles. The van der Waals surface area contributed by atoms with Crippen molar-refractivity contribution in [2.75, 3.05) is 13.7 Å². The highest BCUT2D eigenvalue weighted by Crippen LogP contribution is 2.20. The summed E-state index contributed by atoms with van der Waals surface area (Å²) in [6, 6.07) is 0. The number of hydrogen-bond donors (Lipinski definition) is 2. The van der Waals surface area contributed by atoms with E-state index in [4.69, 9.17) is 4.74 Å². The van der Waals surface area contributed by atoms with Crippen LogP contribution in [0, 0.1) is 5.92 Å². The molecule has 0 heterocycles. The minimum absolute atomic E-state index is 0.0586. The standard InChI is InChI=1S/C12H25NO3/c1-9(8-16-6)7-10(14)13-11(2,3)12(4,5)15/h9,15H,7-8H2,1-6H3,(H,13,14). The van der Waals surface area contributed by atoms with E-state index in [0.29, 0.717) is 13.0 Å². The largest absolute Gasteiger partial charge is 0.388 e. The predicted molar refractivity (Wildman–Crippen MR) is 64.2 cm³/mol. The Morgan fingerprint density at radius 3 is 2.25 bits per heavy atom. The normalized spacial score (nSPS) is 14.7. The first-order valence-electron chi connectivity index (χ1n) is 5.62. The van der Waals surface area contributed by atoms with E-state index in [2.05, 4.69) is 5.32 Å². The van der Waals surface area contributed by atoms with Gasteiger partial charge in [0, 0.05) is 20.1 Å². The molecule has 1 amide bonds. The summed E-state index contributed by atoms with van der Waals surface area (Å²) in [6.45, 7) is 9.52. The van der Waals surface area contributed by atoms with E-state index >= 15 is 0 Å². The third-order valence-electron chi connectivity index (χ3n) is 2.97. The second-order valence-electron chi connectivity index (χ2n) is 5.50. The molecule has 4 heteroatoms. The first kappa shape index (κ1) is 15.4. The fraction of sp³-hybridized carbons (Fsp3) is 0.917. The summed E-state index contributed by atoms with van der Waals surface area (Å²) in [5.74, 6) is 0.124. The van der Waals surface area contributed by atoms with Gasteiger partial charge < -0.3 is 15.2 Å². The molecule has 0 spiro atoms. The van der Waals surface area contributed by atoms with Gasteiger partial charge in [-0.25, -0.2) is 0 Å². The number of ether oxygens (including phenoxy) is 1. The Balaban J connectivity index is 4.25. The van der Waals surface area contributed by atoms with Crippen molar-refractivity contribution in [3.05, 3.63) is 0 Å². The van der Waals surface area contributed by atoms with Crippen molar-refractivity contribution in [2.45, 2.75) is 52.2 Å². The third-order valence-corrected chi connectivity index (χ3v) is 2.97. The van der Waals surface area contributed by atoms with Crippen LogP contribution in [0.4, 0.5) is 0 Å². The van der Waals surface area contributed by atoms with E-state index in [-0.39, 0.29) is 11.8 Å². The van der Waals surface area contributed by atoms with Gasteiger partial charge in [0.2, 0.25) is 5.91 Å². The van der Waals surface area contributed by atoms with Gasteiger partial charge in [0.05, 0.1) is 11.1 Å². The number of carbonyl (C=O) groups is 1. The molecule has 0 aromatic rings. The fourth-order valence-corrected chi connectivity index (χ4v) is 1.21. The molecule has 0 aliphatic rings. The zero-order valence-corrected chi connectivity index (χ0v) is 11.3. The summed E-state index contributed by atoms with van der Waals surface area (Å²) in [6.07, 6.45) is 0.410. The maximum absolute atomic E-state index is 11.7. The molecule has 16 heavy (non-hydrogen) atoms. The third kappa shape index (κ3) is 4.94. The average molecular weight is 231 g/mol. The van der Waals surface area contributed by atoms with E-state index in [9.17, 15) is 9.90 Å². The lowest BCUT2D eigenvalue weighted by molar-refractivity contribution is -0.127. The molecule has 96 valence electrons. The van der Waals surface area contributed by atoms with Gasteiger partial charge >= 0.3 is 0 Å².